The Morgan fingerprint density at radius 1 is 1.19 bits per heavy atom. The average Bonchev–Trinajstić information content (AvgIpc) is 2.92. The van der Waals surface area contributed by atoms with E-state index in [2.05, 4.69) is 36.3 Å². The van der Waals surface area contributed by atoms with E-state index in [0.717, 1.165) is 29.8 Å². The lowest BCUT2D eigenvalue weighted by atomic mass is 9.89. The minimum Gasteiger partial charge on any atom is -0.459 e. The standard InChI is InChI=1S/C17H25N3O/c1-17(2,20-10-6-3-7-11-20)16(19-18)15-12-13-8-4-5-9-14(13)21-15/h4-5,8-9,12,16,19H,3,6-7,10-11,18H2,1-2H3. The van der Waals surface area contributed by atoms with Crippen LogP contribution >= 0.6 is 0 Å². The second kappa shape index (κ2) is 5.79. The van der Waals surface area contributed by atoms with Crippen LogP contribution in [0, 0.1) is 0 Å². The van der Waals surface area contributed by atoms with Gasteiger partial charge in [0.15, 0.2) is 0 Å². The Hall–Kier alpha value is -1.36. The van der Waals surface area contributed by atoms with Crippen molar-refractivity contribution in [3.05, 3.63) is 36.1 Å². The predicted octanol–water partition coefficient (Wildman–Crippen LogP) is 3.20. The second-order valence-electron chi connectivity index (χ2n) is 6.49. The summed E-state index contributed by atoms with van der Waals surface area (Å²) in [4.78, 5) is 2.52. The summed E-state index contributed by atoms with van der Waals surface area (Å²) in [5, 5.41) is 1.13. The molecule has 21 heavy (non-hydrogen) atoms. The Labute approximate surface area is 126 Å². The SMILES string of the molecule is CC(C)(C(NN)c1cc2ccccc2o1)N1CCCCC1. The maximum Gasteiger partial charge on any atom is 0.134 e. The first-order chi connectivity index (χ1) is 10.1. The number of fused-ring (bicyclic) bond motifs is 1. The monoisotopic (exact) mass is 287 g/mol. The van der Waals surface area contributed by atoms with Gasteiger partial charge in [0.25, 0.3) is 0 Å². The smallest absolute Gasteiger partial charge is 0.134 e. The van der Waals surface area contributed by atoms with Crippen LogP contribution < -0.4 is 11.3 Å². The van der Waals surface area contributed by atoms with Crippen molar-refractivity contribution in [3.63, 3.8) is 0 Å². The van der Waals surface area contributed by atoms with E-state index >= 15 is 0 Å². The number of furan rings is 1. The van der Waals surface area contributed by atoms with Gasteiger partial charge in [-0.2, -0.15) is 0 Å². The average molecular weight is 287 g/mol. The minimum atomic E-state index is -0.0803. The van der Waals surface area contributed by atoms with E-state index in [1.54, 1.807) is 0 Å². The molecule has 4 heteroatoms. The van der Waals surface area contributed by atoms with Crippen LogP contribution in [0.4, 0.5) is 0 Å². The van der Waals surface area contributed by atoms with E-state index in [0.29, 0.717) is 0 Å². The van der Waals surface area contributed by atoms with Crippen molar-refractivity contribution in [3.8, 4) is 0 Å². The van der Waals surface area contributed by atoms with Gasteiger partial charge in [-0.25, -0.2) is 5.43 Å². The quantitative estimate of drug-likeness (QED) is 0.670. The third-order valence-corrected chi connectivity index (χ3v) is 4.77. The molecule has 0 radical (unpaired) electrons. The van der Waals surface area contributed by atoms with Gasteiger partial charge in [0.1, 0.15) is 11.3 Å². The number of hydrogen-bond acceptors (Lipinski definition) is 4. The molecule has 2 heterocycles. The molecule has 3 N–H and O–H groups in total. The number of nitrogens with zero attached hydrogens (tertiary/aromatic N) is 1. The summed E-state index contributed by atoms with van der Waals surface area (Å²) in [6, 6.07) is 10.2. The molecule has 4 nitrogen and oxygen atoms in total. The molecule has 0 saturated carbocycles. The highest BCUT2D eigenvalue weighted by molar-refractivity contribution is 5.77. The molecular weight excluding hydrogens is 262 g/mol. The highest BCUT2D eigenvalue weighted by Gasteiger charge is 2.38. The molecule has 1 aromatic heterocycles. The van der Waals surface area contributed by atoms with Crippen LogP contribution in [-0.2, 0) is 0 Å². The zero-order valence-corrected chi connectivity index (χ0v) is 12.9. The molecule has 0 spiro atoms. The van der Waals surface area contributed by atoms with E-state index in [9.17, 15) is 0 Å². The Morgan fingerprint density at radius 2 is 1.90 bits per heavy atom. The van der Waals surface area contributed by atoms with Gasteiger partial charge in [0.2, 0.25) is 0 Å². The maximum absolute atomic E-state index is 6.03. The largest absolute Gasteiger partial charge is 0.459 e. The molecule has 1 atom stereocenters. The van der Waals surface area contributed by atoms with Crippen molar-refractivity contribution < 1.29 is 4.42 Å². The summed E-state index contributed by atoms with van der Waals surface area (Å²) in [5.74, 6) is 6.79. The first kappa shape index (κ1) is 14.6. The van der Waals surface area contributed by atoms with Crippen LogP contribution in [0.3, 0.4) is 0 Å². The molecule has 1 fully saturated rings. The van der Waals surface area contributed by atoms with Gasteiger partial charge in [0.05, 0.1) is 6.04 Å². The first-order valence-electron chi connectivity index (χ1n) is 7.82. The van der Waals surface area contributed by atoms with Crippen LogP contribution in [-0.4, -0.2) is 23.5 Å². The second-order valence-corrected chi connectivity index (χ2v) is 6.49. The molecule has 1 aliphatic rings. The summed E-state index contributed by atoms with van der Waals surface area (Å²) in [7, 11) is 0. The van der Waals surface area contributed by atoms with Crippen molar-refractivity contribution in [2.45, 2.75) is 44.7 Å². The van der Waals surface area contributed by atoms with Gasteiger partial charge in [-0.1, -0.05) is 24.6 Å². The van der Waals surface area contributed by atoms with E-state index in [1.165, 1.54) is 19.3 Å². The van der Waals surface area contributed by atoms with Crippen LogP contribution in [0.1, 0.15) is 44.9 Å². The minimum absolute atomic E-state index is 0.0250. The van der Waals surface area contributed by atoms with E-state index in [-0.39, 0.29) is 11.6 Å². The lowest BCUT2D eigenvalue weighted by Crippen LogP contribution is -2.55. The highest BCUT2D eigenvalue weighted by Crippen LogP contribution is 2.35. The molecule has 1 saturated heterocycles. The molecule has 114 valence electrons. The van der Waals surface area contributed by atoms with Crippen molar-refractivity contribution in [2.24, 2.45) is 5.84 Å². The Balaban J connectivity index is 1.92. The zero-order valence-electron chi connectivity index (χ0n) is 12.9. The maximum atomic E-state index is 6.03. The third kappa shape index (κ3) is 2.71. The predicted molar refractivity (Wildman–Crippen MR) is 85.8 cm³/mol. The number of rotatable bonds is 4. The van der Waals surface area contributed by atoms with Crippen LogP contribution in [0.2, 0.25) is 0 Å². The molecule has 0 aliphatic carbocycles. The number of piperidine rings is 1. The zero-order chi connectivity index (χ0) is 14.9. The summed E-state index contributed by atoms with van der Waals surface area (Å²) in [6.07, 6.45) is 3.86. The Bertz CT molecular complexity index is 566. The summed E-state index contributed by atoms with van der Waals surface area (Å²) in [5.41, 5.74) is 3.82. The molecule has 1 aliphatic heterocycles. The summed E-state index contributed by atoms with van der Waals surface area (Å²) >= 11 is 0. The van der Waals surface area contributed by atoms with Crippen molar-refractivity contribution >= 4 is 11.0 Å². The van der Waals surface area contributed by atoms with Gasteiger partial charge in [-0.15, -0.1) is 0 Å². The van der Waals surface area contributed by atoms with Crippen LogP contribution in [0.25, 0.3) is 11.0 Å². The molecule has 0 amide bonds. The summed E-state index contributed by atoms with van der Waals surface area (Å²) in [6.45, 7) is 6.75. The Morgan fingerprint density at radius 3 is 2.57 bits per heavy atom. The number of hydrogen-bond donors (Lipinski definition) is 2. The molecule has 1 aromatic carbocycles. The third-order valence-electron chi connectivity index (χ3n) is 4.77. The fourth-order valence-electron chi connectivity index (χ4n) is 3.43. The summed E-state index contributed by atoms with van der Waals surface area (Å²) < 4.78 is 6.03. The lowest BCUT2D eigenvalue weighted by molar-refractivity contribution is 0.0542. The number of likely N-dealkylation sites (tertiary alicyclic amines) is 1. The number of hydrazine groups is 1. The highest BCUT2D eigenvalue weighted by atomic mass is 16.3. The molecular formula is C17H25N3O. The van der Waals surface area contributed by atoms with Crippen LogP contribution in [0.15, 0.2) is 34.7 Å². The van der Waals surface area contributed by atoms with E-state index < -0.39 is 0 Å². The molecule has 2 aromatic rings. The topological polar surface area (TPSA) is 54.4 Å². The fourth-order valence-corrected chi connectivity index (χ4v) is 3.43. The van der Waals surface area contributed by atoms with Crippen LogP contribution in [0.5, 0.6) is 0 Å². The van der Waals surface area contributed by atoms with Gasteiger partial charge < -0.3 is 4.42 Å². The molecule has 1 unspecified atom stereocenters. The van der Waals surface area contributed by atoms with Crippen molar-refractivity contribution in [2.75, 3.05) is 13.1 Å². The molecule has 3 rings (SSSR count). The van der Waals surface area contributed by atoms with Crippen molar-refractivity contribution in [1.29, 1.82) is 0 Å². The van der Waals surface area contributed by atoms with Gasteiger partial charge in [0, 0.05) is 10.9 Å². The number of nitrogens with two attached hydrogens (primary N) is 1. The van der Waals surface area contributed by atoms with Crippen molar-refractivity contribution in [1.82, 2.24) is 10.3 Å². The van der Waals surface area contributed by atoms with E-state index in [1.807, 2.05) is 18.2 Å². The fraction of sp³-hybridized carbons (Fsp3) is 0.529. The number of para-hydroxylation sites is 1. The molecule has 0 bridgehead atoms. The van der Waals surface area contributed by atoms with Gasteiger partial charge in [-0.05, 0) is 51.9 Å². The number of nitrogens with one attached hydrogen (secondary N) is 1. The van der Waals surface area contributed by atoms with E-state index in [4.69, 9.17) is 10.3 Å². The Kier molecular flexibility index (Phi) is 4.02. The first-order valence-corrected chi connectivity index (χ1v) is 7.82. The van der Waals surface area contributed by atoms with Gasteiger partial charge in [-0.3, -0.25) is 10.7 Å². The van der Waals surface area contributed by atoms with Gasteiger partial charge >= 0.3 is 0 Å². The number of benzene rings is 1. The normalized spacial score (nSPS) is 19.0. The lowest BCUT2D eigenvalue weighted by Gasteiger charge is -2.44.